The lowest BCUT2D eigenvalue weighted by atomic mass is 10.2. The van der Waals surface area contributed by atoms with Gasteiger partial charge in [-0.1, -0.05) is 52.4 Å². The van der Waals surface area contributed by atoms with E-state index in [0.29, 0.717) is 0 Å². The van der Waals surface area contributed by atoms with Gasteiger partial charge in [0.1, 0.15) is 0 Å². The van der Waals surface area contributed by atoms with E-state index in [1.807, 2.05) is 0 Å². The summed E-state index contributed by atoms with van der Waals surface area (Å²) in [5.74, 6) is 0. The lowest BCUT2D eigenvalue weighted by Gasteiger charge is -2.06. The Morgan fingerprint density at radius 2 is 1.05 bits per heavy atom. The van der Waals surface area contributed by atoms with Crippen molar-refractivity contribution in [2.75, 3.05) is 0 Å². The first-order chi connectivity index (χ1) is 7.92. The van der Waals surface area contributed by atoms with Gasteiger partial charge in [0.05, 0.1) is 6.10 Å². The maximum absolute atomic E-state index is 11.3. The number of halogens is 3. The van der Waals surface area contributed by atoms with Crippen molar-refractivity contribution in [1.82, 2.24) is 0 Å². The predicted octanol–water partition coefficient (Wildman–Crippen LogP) is 5.62. The summed E-state index contributed by atoms with van der Waals surface area (Å²) in [5, 5.41) is 8.42. The van der Waals surface area contributed by atoms with Crippen molar-refractivity contribution in [2.45, 2.75) is 84.4 Å². The van der Waals surface area contributed by atoms with Gasteiger partial charge < -0.3 is 5.11 Å². The third-order valence-electron chi connectivity index (χ3n) is 0.846. The standard InChI is InChI=1S/C5H9F3O.2C4H12Si/c1-4(9)2-3-5(6,7)8;2*1-5(2,3)4/h4,9H,2-3H2,1H3;2*1-4H3. The van der Waals surface area contributed by atoms with Gasteiger partial charge in [-0.3, -0.25) is 0 Å². The van der Waals surface area contributed by atoms with Gasteiger partial charge in [0.15, 0.2) is 0 Å². The second kappa shape index (κ2) is 9.99. The molecule has 120 valence electrons. The van der Waals surface area contributed by atoms with E-state index < -0.39 is 34.8 Å². The SMILES string of the molecule is CC(O)CCC(F)(F)F.C[Si](C)(C)C.C[Si](C)(C)C. The highest BCUT2D eigenvalue weighted by atomic mass is 28.3. The summed E-state index contributed by atoms with van der Waals surface area (Å²) in [6.07, 6.45) is -6.09. The molecule has 0 radical (unpaired) electrons. The maximum Gasteiger partial charge on any atom is 0.389 e. The molecule has 6 heteroatoms. The first kappa shape index (κ1) is 24.2. The van der Waals surface area contributed by atoms with Gasteiger partial charge in [-0.15, -0.1) is 0 Å². The fraction of sp³-hybridized carbons (Fsp3) is 1.00. The molecule has 0 aliphatic rings. The van der Waals surface area contributed by atoms with Crippen LogP contribution in [0.2, 0.25) is 52.4 Å². The number of aliphatic hydroxyl groups is 1. The van der Waals surface area contributed by atoms with Crippen molar-refractivity contribution in [2.24, 2.45) is 0 Å². The predicted molar refractivity (Wildman–Crippen MR) is 85.4 cm³/mol. The fourth-order valence-electron chi connectivity index (χ4n) is 0.373. The fourth-order valence-corrected chi connectivity index (χ4v) is 0.373. The summed E-state index contributed by atoms with van der Waals surface area (Å²) in [6, 6.07) is 0. The second-order valence-corrected chi connectivity index (χ2v) is 20.0. The number of aliphatic hydroxyl groups excluding tert-OH is 1. The van der Waals surface area contributed by atoms with Gasteiger partial charge >= 0.3 is 6.18 Å². The van der Waals surface area contributed by atoms with Crippen molar-refractivity contribution in [3.63, 3.8) is 0 Å². The minimum atomic E-state index is -4.13. The van der Waals surface area contributed by atoms with Gasteiger partial charge in [-0.25, -0.2) is 0 Å². The molecule has 0 rings (SSSR count). The first-order valence-corrected chi connectivity index (χ1v) is 14.7. The highest BCUT2D eigenvalue weighted by Gasteiger charge is 2.26. The summed E-state index contributed by atoms with van der Waals surface area (Å²) >= 11 is 0. The Kier molecular flexibility index (Phi) is 12.7. The van der Waals surface area contributed by atoms with Crippen LogP contribution in [0.4, 0.5) is 13.2 Å². The van der Waals surface area contributed by atoms with Crippen molar-refractivity contribution in [3.8, 4) is 0 Å². The lowest BCUT2D eigenvalue weighted by Crippen LogP contribution is -2.11. The summed E-state index contributed by atoms with van der Waals surface area (Å²) in [6.45, 7) is 20.0. The minimum absolute atomic E-state index is 0.205. The van der Waals surface area contributed by atoms with E-state index >= 15 is 0 Å². The van der Waals surface area contributed by atoms with E-state index in [9.17, 15) is 13.2 Å². The van der Waals surface area contributed by atoms with Crippen LogP contribution in [0, 0.1) is 0 Å². The Balaban J connectivity index is -0.000000219. The van der Waals surface area contributed by atoms with E-state index in [4.69, 9.17) is 5.11 Å². The number of rotatable bonds is 2. The zero-order valence-corrected chi connectivity index (χ0v) is 16.1. The van der Waals surface area contributed by atoms with Gasteiger partial charge in [0, 0.05) is 22.6 Å². The van der Waals surface area contributed by atoms with E-state index in [-0.39, 0.29) is 6.42 Å². The van der Waals surface area contributed by atoms with Crippen LogP contribution in [-0.2, 0) is 0 Å². The molecule has 1 unspecified atom stereocenters. The first-order valence-electron chi connectivity index (χ1n) is 6.66. The molecule has 0 aliphatic carbocycles. The lowest BCUT2D eigenvalue weighted by molar-refractivity contribution is -0.139. The monoisotopic (exact) mass is 318 g/mol. The van der Waals surface area contributed by atoms with Gasteiger partial charge in [-0.05, 0) is 13.3 Å². The Labute approximate surface area is 119 Å². The molecular formula is C13H33F3OSi2. The average Bonchev–Trinajstić information content (AvgIpc) is 1.92. The molecule has 0 saturated carbocycles. The molecule has 1 nitrogen and oxygen atoms in total. The summed E-state index contributed by atoms with van der Waals surface area (Å²) in [4.78, 5) is 0. The highest BCUT2D eigenvalue weighted by Crippen LogP contribution is 2.21. The summed E-state index contributed by atoms with van der Waals surface area (Å²) in [7, 11) is -1.22. The van der Waals surface area contributed by atoms with E-state index in [1.165, 1.54) is 6.92 Å². The minimum Gasteiger partial charge on any atom is -0.393 e. The third-order valence-corrected chi connectivity index (χ3v) is 0.846. The topological polar surface area (TPSA) is 20.2 Å². The van der Waals surface area contributed by atoms with E-state index in [1.54, 1.807) is 0 Å². The second-order valence-electron chi connectivity index (χ2n) is 8.00. The van der Waals surface area contributed by atoms with E-state index in [2.05, 4.69) is 52.4 Å². The summed E-state index contributed by atoms with van der Waals surface area (Å²) < 4.78 is 33.9. The number of hydrogen-bond donors (Lipinski definition) is 1. The number of alkyl halides is 3. The van der Waals surface area contributed by atoms with Crippen LogP contribution in [-0.4, -0.2) is 33.5 Å². The molecule has 1 N–H and O–H groups in total. The molecule has 0 amide bonds. The Bertz CT molecular complexity index is 179. The van der Waals surface area contributed by atoms with Crippen molar-refractivity contribution >= 4 is 16.1 Å². The maximum atomic E-state index is 11.3. The van der Waals surface area contributed by atoms with Gasteiger partial charge in [0.2, 0.25) is 0 Å². The van der Waals surface area contributed by atoms with Crippen LogP contribution in [0.1, 0.15) is 19.8 Å². The largest absolute Gasteiger partial charge is 0.393 e. The van der Waals surface area contributed by atoms with Gasteiger partial charge in [-0.2, -0.15) is 13.2 Å². The van der Waals surface area contributed by atoms with Crippen LogP contribution < -0.4 is 0 Å². The molecule has 0 heterocycles. The number of hydrogen-bond acceptors (Lipinski definition) is 1. The van der Waals surface area contributed by atoms with Gasteiger partial charge in [0.25, 0.3) is 0 Å². The van der Waals surface area contributed by atoms with Crippen LogP contribution >= 0.6 is 0 Å². The van der Waals surface area contributed by atoms with Crippen LogP contribution in [0.3, 0.4) is 0 Å². The normalized spacial score (nSPS) is 13.7. The quantitative estimate of drug-likeness (QED) is 0.655. The Morgan fingerprint density at radius 3 is 1.11 bits per heavy atom. The molecule has 0 aromatic carbocycles. The molecule has 1 atom stereocenters. The molecule has 0 aromatic heterocycles. The van der Waals surface area contributed by atoms with Crippen molar-refractivity contribution < 1.29 is 18.3 Å². The zero-order chi connectivity index (χ0) is 16.5. The van der Waals surface area contributed by atoms with Crippen LogP contribution in [0.25, 0.3) is 0 Å². The average molecular weight is 319 g/mol. The zero-order valence-electron chi connectivity index (χ0n) is 14.1. The highest BCUT2D eigenvalue weighted by molar-refractivity contribution is 6.75. The van der Waals surface area contributed by atoms with E-state index in [0.717, 1.165) is 0 Å². The molecule has 0 saturated heterocycles. The molecule has 0 aliphatic heterocycles. The molecular weight excluding hydrogens is 285 g/mol. The molecule has 19 heavy (non-hydrogen) atoms. The van der Waals surface area contributed by atoms with Crippen LogP contribution in [0.15, 0.2) is 0 Å². The Morgan fingerprint density at radius 1 is 0.842 bits per heavy atom. The molecule has 0 bridgehead atoms. The molecule has 0 aromatic rings. The van der Waals surface area contributed by atoms with Crippen molar-refractivity contribution in [3.05, 3.63) is 0 Å². The smallest absolute Gasteiger partial charge is 0.389 e. The van der Waals surface area contributed by atoms with Crippen molar-refractivity contribution in [1.29, 1.82) is 0 Å². The summed E-state index contributed by atoms with van der Waals surface area (Å²) in [5.41, 5.74) is 0. The Hall–Kier alpha value is 0.184. The third kappa shape index (κ3) is 125. The molecule has 0 fully saturated rings. The molecule has 0 spiro atoms. The van der Waals surface area contributed by atoms with Crippen LogP contribution in [0.5, 0.6) is 0 Å².